The molecule has 166 valence electrons. The third-order valence-electron chi connectivity index (χ3n) is 6.10. The molecule has 5 heteroatoms. The van der Waals surface area contributed by atoms with E-state index in [4.69, 9.17) is 5.73 Å². The molecule has 0 aliphatic carbocycles. The van der Waals surface area contributed by atoms with Crippen LogP contribution in [0.15, 0.2) is 121 Å². The number of nitrogens with two attached hydrogens (primary N) is 1. The van der Waals surface area contributed by atoms with Gasteiger partial charge in [-0.2, -0.15) is 0 Å². The minimum Gasteiger partial charge on any atom is -0.478 e. The highest BCUT2D eigenvalue weighted by molar-refractivity contribution is 5.89. The molecule has 4 aromatic carbocycles. The van der Waals surface area contributed by atoms with Crippen molar-refractivity contribution in [1.29, 1.82) is 0 Å². The largest absolute Gasteiger partial charge is 0.478 e. The van der Waals surface area contributed by atoms with Gasteiger partial charge < -0.3 is 10.8 Å². The highest BCUT2D eigenvalue weighted by Crippen LogP contribution is 2.44. The molecule has 0 aliphatic heterocycles. The maximum atomic E-state index is 11.7. The number of nitrogens with zero attached hydrogens (tertiary/aromatic N) is 2. The zero-order valence-corrected chi connectivity index (χ0v) is 18.4. The Morgan fingerprint density at radius 2 is 1.24 bits per heavy atom. The SMILES string of the molecule is Nc1ncc(-c2cccc(C(=O)O)c2)n1C(c1ccccc1)(c1ccccc1)c1ccccc1. The molecule has 0 aliphatic rings. The summed E-state index contributed by atoms with van der Waals surface area (Å²) in [5.74, 6) is -0.659. The van der Waals surface area contributed by atoms with E-state index in [-0.39, 0.29) is 5.56 Å². The minimum atomic E-state index is -0.985. The Morgan fingerprint density at radius 3 is 1.71 bits per heavy atom. The third-order valence-corrected chi connectivity index (χ3v) is 6.10. The molecule has 0 amide bonds. The molecule has 0 atom stereocenters. The molecule has 0 saturated carbocycles. The summed E-state index contributed by atoms with van der Waals surface area (Å²) in [5, 5.41) is 9.58. The van der Waals surface area contributed by atoms with Crippen molar-refractivity contribution in [2.24, 2.45) is 0 Å². The lowest BCUT2D eigenvalue weighted by Gasteiger charge is -2.39. The van der Waals surface area contributed by atoms with Crippen molar-refractivity contribution in [3.63, 3.8) is 0 Å². The van der Waals surface area contributed by atoms with E-state index in [1.165, 1.54) is 0 Å². The number of imidazole rings is 1. The summed E-state index contributed by atoms with van der Waals surface area (Å²) in [4.78, 5) is 16.2. The van der Waals surface area contributed by atoms with E-state index in [1.807, 2.05) is 65.2 Å². The lowest BCUT2D eigenvalue weighted by molar-refractivity contribution is 0.0697. The maximum Gasteiger partial charge on any atom is 0.335 e. The maximum absolute atomic E-state index is 11.7. The van der Waals surface area contributed by atoms with E-state index >= 15 is 0 Å². The average Bonchev–Trinajstić information content (AvgIpc) is 3.28. The highest BCUT2D eigenvalue weighted by Gasteiger charge is 2.41. The Balaban J connectivity index is 1.92. The lowest BCUT2D eigenvalue weighted by Crippen LogP contribution is -2.39. The Kier molecular flexibility index (Phi) is 5.44. The van der Waals surface area contributed by atoms with Crippen LogP contribution in [0, 0.1) is 0 Å². The van der Waals surface area contributed by atoms with Gasteiger partial charge in [-0.3, -0.25) is 4.57 Å². The van der Waals surface area contributed by atoms with Crippen LogP contribution in [0.2, 0.25) is 0 Å². The fourth-order valence-electron chi connectivity index (χ4n) is 4.66. The Labute approximate surface area is 197 Å². The van der Waals surface area contributed by atoms with Gasteiger partial charge >= 0.3 is 5.97 Å². The van der Waals surface area contributed by atoms with Gasteiger partial charge in [-0.05, 0) is 28.8 Å². The van der Waals surface area contributed by atoms with E-state index in [2.05, 4.69) is 41.4 Å². The van der Waals surface area contributed by atoms with Crippen LogP contribution in [0.4, 0.5) is 5.95 Å². The van der Waals surface area contributed by atoms with Crippen molar-refractivity contribution in [2.75, 3.05) is 5.73 Å². The molecule has 5 rings (SSSR count). The van der Waals surface area contributed by atoms with E-state index in [1.54, 1.807) is 24.4 Å². The van der Waals surface area contributed by atoms with Crippen molar-refractivity contribution in [3.05, 3.63) is 144 Å². The molecule has 1 aromatic heterocycles. The molecule has 0 spiro atoms. The van der Waals surface area contributed by atoms with Gasteiger partial charge in [0.25, 0.3) is 0 Å². The molecule has 5 aromatic rings. The number of carboxylic acids is 1. The van der Waals surface area contributed by atoms with E-state index in [0.717, 1.165) is 27.9 Å². The smallest absolute Gasteiger partial charge is 0.335 e. The number of hydrogen-bond acceptors (Lipinski definition) is 3. The predicted octanol–water partition coefficient (Wildman–Crippen LogP) is 5.67. The Hall–Kier alpha value is -4.64. The molecule has 0 bridgehead atoms. The standard InChI is InChI=1S/C29H23N3O2/c30-28-31-20-26(21-11-10-12-22(19-21)27(33)34)32(28)29(23-13-4-1-5-14-23,24-15-6-2-7-16-24)25-17-8-3-9-18-25/h1-20H,(H2,30,31)(H,33,34). The van der Waals surface area contributed by atoms with Crippen molar-refractivity contribution < 1.29 is 9.90 Å². The van der Waals surface area contributed by atoms with Crippen LogP contribution in [-0.4, -0.2) is 20.6 Å². The van der Waals surface area contributed by atoms with Gasteiger partial charge in [0.05, 0.1) is 17.5 Å². The summed E-state index contributed by atoms with van der Waals surface area (Å²) in [6.45, 7) is 0. The molecular formula is C29H23N3O2. The molecular weight excluding hydrogens is 422 g/mol. The van der Waals surface area contributed by atoms with Crippen LogP contribution in [0.3, 0.4) is 0 Å². The number of rotatable bonds is 6. The molecule has 3 N–H and O–H groups in total. The van der Waals surface area contributed by atoms with Crippen LogP contribution in [0.1, 0.15) is 27.0 Å². The van der Waals surface area contributed by atoms with Crippen molar-refractivity contribution in [2.45, 2.75) is 5.54 Å². The van der Waals surface area contributed by atoms with Crippen LogP contribution >= 0.6 is 0 Å². The van der Waals surface area contributed by atoms with Crippen molar-refractivity contribution in [3.8, 4) is 11.3 Å². The highest BCUT2D eigenvalue weighted by atomic mass is 16.4. The number of carboxylic acid groups (broad SMARTS) is 1. The van der Waals surface area contributed by atoms with Crippen LogP contribution < -0.4 is 5.73 Å². The third kappa shape index (κ3) is 3.44. The van der Waals surface area contributed by atoms with E-state index < -0.39 is 11.5 Å². The van der Waals surface area contributed by atoms with Crippen molar-refractivity contribution in [1.82, 2.24) is 9.55 Å². The first kappa shape index (κ1) is 21.2. The molecule has 34 heavy (non-hydrogen) atoms. The van der Waals surface area contributed by atoms with Gasteiger partial charge in [0.15, 0.2) is 0 Å². The van der Waals surface area contributed by atoms with Gasteiger partial charge in [0.2, 0.25) is 5.95 Å². The number of aromatic nitrogens is 2. The number of carbonyl (C=O) groups is 1. The molecule has 0 unspecified atom stereocenters. The Bertz CT molecular complexity index is 1330. The summed E-state index contributed by atoms with van der Waals surface area (Å²) in [5.41, 5.74) is 10.4. The van der Waals surface area contributed by atoms with E-state index in [0.29, 0.717) is 5.95 Å². The first-order chi connectivity index (χ1) is 16.6. The predicted molar refractivity (Wildman–Crippen MR) is 134 cm³/mol. The van der Waals surface area contributed by atoms with Gasteiger partial charge in [0.1, 0.15) is 5.54 Å². The second kappa shape index (κ2) is 8.71. The number of anilines is 1. The fraction of sp³-hybridized carbons (Fsp3) is 0.0345. The average molecular weight is 446 g/mol. The fourth-order valence-corrected chi connectivity index (χ4v) is 4.66. The van der Waals surface area contributed by atoms with Crippen LogP contribution in [0.25, 0.3) is 11.3 Å². The number of nitrogen functional groups attached to an aromatic ring is 1. The summed E-state index contributed by atoms with van der Waals surface area (Å²) in [6.07, 6.45) is 1.71. The summed E-state index contributed by atoms with van der Waals surface area (Å²) >= 11 is 0. The van der Waals surface area contributed by atoms with Gasteiger partial charge in [-0.15, -0.1) is 0 Å². The number of hydrogen-bond donors (Lipinski definition) is 2. The van der Waals surface area contributed by atoms with Gasteiger partial charge in [0, 0.05) is 5.56 Å². The summed E-state index contributed by atoms with van der Waals surface area (Å²) in [7, 11) is 0. The molecule has 0 radical (unpaired) electrons. The number of aromatic carboxylic acids is 1. The number of benzene rings is 4. The molecule has 5 nitrogen and oxygen atoms in total. The normalized spacial score (nSPS) is 11.3. The monoisotopic (exact) mass is 445 g/mol. The topological polar surface area (TPSA) is 81.1 Å². The minimum absolute atomic E-state index is 0.202. The molecule has 1 heterocycles. The quantitative estimate of drug-likeness (QED) is 0.330. The first-order valence-electron chi connectivity index (χ1n) is 11.0. The second-order valence-corrected chi connectivity index (χ2v) is 8.03. The lowest BCUT2D eigenvalue weighted by atomic mass is 9.76. The second-order valence-electron chi connectivity index (χ2n) is 8.03. The molecule has 0 saturated heterocycles. The van der Waals surface area contributed by atoms with Crippen LogP contribution in [-0.2, 0) is 5.54 Å². The molecule has 0 fully saturated rings. The van der Waals surface area contributed by atoms with Gasteiger partial charge in [-0.25, -0.2) is 9.78 Å². The van der Waals surface area contributed by atoms with Crippen molar-refractivity contribution >= 4 is 11.9 Å². The zero-order chi connectivity index (χ0) is 23.5. The van der Waals surface area contributed by atoms with Crippen LogP contribution in [0.5, 0.6) is 0 Å². The zero-order valence-electron chi connectivity index (χ0n) is 18.4. The van der Waals surface area contributed by atoms with Gasteiger partial charge in [-0.1, -0.05) is 103 Å². The van der Waals surface area contributed by atoms with E-state index in [9.17, 15) is 9.90 Å². The summed E-state index contributed by atoms with van der Waals surface area (Å²) < 4.78 is 2.01. The Morgan fingerprint density at radius 1 is 0.735 bits per heavy atom. The first-order valence-corrected chi connectivity index (χ1v) is 11.0. The summed E-state index contributed by atoms with van der Waals surface area (Å²) in [6, 6.07) is 37.3.